The van der Waals surface area contributed by atoms with Gasteiger partial charge in [-0.25, -0.2) is 0 Å². The van der Waals surface area contributed by atoms with Crippen LogP contribution in [0.2, 0.25) is 5.02 Å². The first-order valence-corrected chi connectivity index (χ1v) is 8.74. The minimum Gasteiger partial charge on any atom is -0.484 e. The lowest BCUT2D eigenvalue weighted by Crippen LogP contribution is -2.34. The van der Waals surface area contributed by atoms with Crippen molar-refractivity contribution in [2.45, 2.75) is 6.54 Å². The number of hydrogen-bond donors (Lipinski definition) is 0. The molecule has 3 rings (SSSR count). The third-order valence-electron chi connectivity index (χ3n) is 3.42. The van der Waals surface area contributed by atoms with Crippen LogP contribution in [-0.4, -0.2) is 12.5 Å². The standard InChI is InChI=1S/C19H16ClNO2S/c20-15-6-4-7-16(12-15)21(13-18-10-5-11-24-18)19(22)14-23-17-8-2-1-3-9-17/h1-12H,13-14H2. The van der Waals surface area contributed by atoms with Crippen molar-refractivity contribution < 1.29 is 9.53 Å². The van der Waals surface area contributed by atoms with E-state index in [4.69, 9.17) is 16.3 Å². The van der Waals surface area contributed by atoms with Crippen LogP contribution in [-0.2, 0) is 11.3 Å². The highest BCUT2D eigenvalue weighted by molar-refractivity contribution is 7.09. The highest BCUT2D eigenvalue weighted by atomic mass is 35.5. The van der Waals surface area contributed by atoms with E-state index in [2.05, 4.69) is 0 Å². The number of hydrogen-bond acceptors (Lipinski definition) is 3. The van der Waals surface area contributed by atoms with Crippen molar-refractivity contribution in [3.8, 4) is 5.75 Å². The number of rotatable bonds is 6. The fourth-order valence-electron chi connectivity index (χ4n) is 2.27. The van der Waals surface area contributed by atoms with Crippen LogP contribution in [0.3, 0.4) is 0 Å². The van der Waals surface area contributed by atoms with Crippen LogP contribution in [0, 0.1) is 0 Å². The Morgan fingerprint density at radius 3 is 2.58 bits per heavy atom. The maximum Gasteiger partial charge on any atom is 0.265 e. The van der Waals surface area contributed by atoms with E-state index in [0.717, 1.165) is 10.6 Å². The van der Waals surface area contributed by atoms with E-state index in [0.29, 0.717) is 17.3 Å². The lowest BCUT2D eigenvalue weighted by atomic mass is 10.2. The molecule has 2 aromatic carbocycles. The molecule has 1 aromatic heterocycles. The lowest BCUT2D eigenvalue weighted by Gasteiger charge is -2.22. The molecule has 1 amide bonds. The van der Waals surface area contributed by atoms with Crippen LogP contribution < -0.4 is 9.64 Å². The number of thiophene rings is 1. The molecule has 0 spiro atoms. The summed E-state index contributed by atoms with van der Waals surface area (Å²) in [5.41, 5.74) is 0.762. The molecule has 0 unspecified atom stereocenters. The molecule has 0 aliphatic rings. The largest absolute Gasteiger partial charge is 0.484 e. The Bertz CT molecular complexity index is 790. The molecule has 5 heteroatoms. The summed E-state index contributed by atoms with van der Waals surface area (Å²) < 4.78 is 5.60. The normalized spacial score (nSPS) is 10.4. The summed E-state index contributed by atoms with van der Waals surface area (Å²) in [5, 5.41) is 2.59. The summed E-state index contributed by atoms with van der Waals surface area (Å²) in [6.45, 7) is 0.469. The fourth-order valence-corrected chi connectivity index (χ4v) is 3.14. The Balaban J connectivity index is 1.77. The molecule has 0 aliphatic heterocycles. The van der Waals surface area contributed by atoms with Gasteiger partial charge in [-0.1, -0.05) is 41.9 Å². The Morgan fingerprint density at radius 2 is 1.88 bits per heavy atom. The third-order valence-corrected chi connectivity index (χ3v) is 4.52. The zero-order valence-corrected chi connectivity index (χ0v) is 14.5. The molecular formula is C19H16ClNO2S. The Hall–Kier alpha value is -2.30. The molecule has 3 aromatic rings. The zero-order chi connectivity index (χ0) is 16.8. The molecule has 0 fully saturated rings. The van der Waals surface area contributed by atoms with Crippen LogP contribution >= 0.6 is 22.9 Å². The van der Waals surface area contributed by atoms with Crippen molar-refractivity contribution in [2.75, 3.05) is 11.5 Å². The van der Waals surface area contributed by atoms with Crippen molar-refractivity contribution >= 4 is 34.5 Å². The van der Waals surface area contributed by atoms with Gasteiger partial charge in [-0.3, -0.25) is 4.79 Å². The van der Waals surface area contributed by atoms with Gasteiger partial charge in [-0.05, 0) is 41.8 Å². The molecule has 0 N–H and O–H groups in total. The second kappa shape index (κ2) is 7.99. The molecule has 0 radical (unpaired) electrons. The van der Waals surface area contributed by atoms with Crippen LogP contribution in [0.5, 0.6) is 5.75 Å². The van der Waals surface area contributed by atoms with Crippen molar-refractivity contribution in [2.24, 2.45) is 0 Å². The molecule has 1 heterocycles. The number of ether oxygens (including phenoxy) is 1. The van der Waals surface area contributed by atoms with Crippen LogP contribution in [0.1, 0.15) is 4.88 Å². The number of para-hydroxylation sites is 1. The highest BCUT2D eigenvalue weighted by Gasteiger charge is 2.18. The van der Waals surface area contributed by atoms with E-state index in [1.165, 1.54) is 0 Å². The second-order valence-electron chi connectivity index (χ2n) is 5.14. The van der Waals surface area contributed by atoms with Crippen LogP contribution in [0.25, 0.3) is 0 Å². The van der Waals surface area contributed by atoms with E-state index in [1.54, 1.807) is 28.4 Å². The molecule has 0 bridgehead atoms. The molecule has 0 saturated heterocycles. The maximum absolute atomic E-state index is 12.7. The Labute approximate surface area is 150 Å². The summed E-state index contributed by atoms with van der Waals surface area (Å²) in [4.78, 5) is 15.5. The predicted octanol–water partition coefficient (Wildman–Crippen LogP) is 5.01. The first-order valence-electron chi connectivity index (χ1n) is 7.48. The molecule has 0 saturated carbocycles. The number of benzene rings is 2. The molecule has 0 aliphatic carbocycles. The van der Waals surface area contributed by atoms with Gasteiger partial charge in [0.2, 0.25) is 0 Å². The summed E-state index contributed by atoms with van der Waals surface area (Å²) in [6, 6.07) is 20.6. The molecule has 122 valence electrons. The average molecular weight is 358 g/mol. The van der Waals surface area contributed by atoms with E-state index < -0.39 is 0 Å². The summed E-state index contributed by atoms with van der Waals surface area (Å²) in [6.07, 6.45) is 0. The molecule has 24 heavy (non-hydrogen) atoms. The minimum absolute atomic E-state index is 0.0259. The number of anilines is 1. The van der Waals surface area contributed by atoms with Gasteiger partial charge in [0.1, 0.15) is 5.75 Å². The fraction of sp³-hybridized carbons (Fsp3) is 0.105. The van der Waals surface area contributed by atoms with Gasteiger partial charge in [0, 0.05) is 15.6 Å². The van der Waals surface area contributed by atoms with Gasteiger partial charge in [-0.15, -0.1) is 11.3 Å². The average Bonchev–Trinajstić information content (AvgIpc) is 3.12. The summed E-state index contributed by atoms with van der Waals surface area (Å²) in [5.74, 6) is 0.558. The smallest absolute Gasteiger partial charge is 0.265 e. The zero-order valence-electron chi connectivity index (χ0n) is 12.9. The topological polar surface area (TPSA) is 29.5 Å². The van der Waals surface area contributed by atoms with E-state index >= 15 is 0 Å². The van der Waals surface area contributed by atoms with Gasteiger partial charge in [0.25, 0.3) is 5.91 Å². The maximum atomic E-state index is 12.7. The third kappa shape index (κ3) is 4.37. The van der Waals surface area contributed by atoms with E-state index in [1.807, 2.05) is 60.0 Å². The second-order valence-corrected chi connectivity index (χ2v) is 6.61. The van der Waals surface area contributed by atoms with Crippen molar-refractivity contribution in [1.82, 2.24) is 0 Å². The van der Waals surface area contributed by atoms with Crippen molar-refractivity contribution in [1.29, 1.82) is 0 Å². The van der Waals surface area contributed by atoms with Crippen LogP contribution in [0.4, 0.5) is 5.69 Å². The van der Waals surface area contributed by atoms with Gasteiger partial charge in [0.05, 0.1) is 6.54 Å². The monoisotopic (exact) mass is 357 g/mol. The number of carbonyl (C=O) groups excluding carboxylic acids is 1. The Kier molecular flexibility index (Phi) is 5.51. The quantitative estimate of drug-likeness (QED) is 0.620. The summed E-state index contributed by atoms with van der Waals surface area (Å²) >= 11 is 7.70. The van der Waals surface area contributed by atoms with Gasteiger partial charge < -0.3 is 9.64 Å². The van der Waals surface area contributed by atoms with Crippen molar-refractivity contribution in [3.63, 3.8) is 0 Å². The Morgan fingerprint density at radius 1 is 1.04 bits per heavy atom. The number of amides is 1. The van der Waals surface area contributed by atoms with Gasteiger partial charge in [-0.2, -0.15) is 0 Å². The lowest BCUT2D eigenvalue weighted by molar-refractivity contribution is -0.120. The van der Waals surface area contributed by atoms with Gasteiger partial charge >= 0.3 is 0 Å². The van der Waals surface area contributed by atoms with E-state index in [9.17, 15) is 4.79 Å². The van der Waals surface area contributed by atoms with Crippen molar-refractivity contribution in [3.05, 3.63) is 82.0 Å². The molecular weight excluding hydrogens is 342 g/mol. The first kappa shape index (κ1) is 16.6. The SMILES string of the molecule is O=C(COc1ccccc1)N(Cc1cccs1)c1cccc(Cl)c1. The van der Waals surface area contributed by atoms with E-state index in [-0.39, 0.29) is 12.5 Å². The van der Waals surface area contributed by atoms with Crippen LogP contribution in [0.15, 0.2) is 72.1 Å². The number of carbonyl (C=O) groups is 1. The number of nitrogens with zero attached hydrogens (tertiary/aromatic N) is 1. The molecule has 0 atom stereocenters. The molecule has 3 nitrogen and oxygen atoms in total. The highest BCUT2D eigenvalue weighted by Crippen LogP contribution is 2.23. The summed E-state index contributed by atoms with van der Waals surface area (Å²) in [7, 11) is 0. The predicted molar refractivity (Wildman–Crippen MR) is 98.9 cm³/mol. The minimum atomic E-state index is -0.116. The van der Waals surface area contributed by atoms with Gasteiger partial charge in [0.15, 0.2) is 6.61 Å². The first-order chi connectivity index (χ1) is 11.7. The number of halogens is 1.